The predicted molar refractivity (Wildman–Crippen MR) is 68.0 cm³/mol. The quantitative estimate of drug-likeness (QED) is 0.863. The minimum atomic E-state index is -0.315. The van der Waals surface area contributed by atoms with Crippen LogP contribution in [0.5, 0.6) is 5.75 Å². The third-order valence-electron chi connectivity index (χ3n) is 4.02. The zero-order valence-corrected chi connectivity index (χ0v) is 11.0. The zero-order valence-electron chi connectivity index (χ0n) is 11.0. The Labute approximate surface area is 107 Å². The Morgan fingerprint density at radius 2 is 2.22 bits per heavy atom. The fourth-order valence-corrected chi connectivity index (χ4v) is 2.33. The SMILES string of the molecule is COc1cccc(CNC2CC(O)C2(C)C)c1F. The van der Waals surface area contributed by atoms with Gasteiger partial charge in [0.25, 0.3) is 0 Å². The van der Waals surface area contributed by atoms with Crippen molar-refractivity contribution >= 4 is 0 Å². The van der Waals surface area contributed by atoms with E-state index >= 15 is 0 Å². The fourth-order valence-electron chi connectivity index (χ4n) is 2.33. The van der Waals surface area contributed by atoms with Crippen LogP contribution in [0.2, 0.25) is 0 Å². The van der Waals surface area contributed by atoms with Crippen molar-refractivity contribution in [3.05, 3.63) is 29.6 Å². The molecular weight excluding hydrogens is 233 g/mol. The highest BCUT2D eigenvalue weighted by molar-refractivity contribution is 5.31. The van der Waals surface area contributed by atoms with Crippen molar-refractivity contribution in [3.8, 4) is 5.75 Å². The summed E-state index contributed by atoms with van der Waals surface area (Å²) in [6.45, 7) is 4.48. The van der Waals surface area contributed by atoms with Crippen LogP contribution in [-0.4, -0.2) is 24.4 Å². The highest BCUT2D eigenvalue weighted by atomic mass is 19.1. The molecule has 4 heteroatoms. The van der Waals surface area contributed by atoms with Gasteiger partial charge in [0.2, 0.25) is 0 Å². The molecule has 1 saturated carbocycles. The van der Waals surface area contributed by atoms with Gasteiger partial charge in [0.15, 0.2) is 11.6 Å². The van der Waals surface area contributed by atoms with Crippen LogP contribution in [-0.2, 0) is 6.54 Å². The second kappa shape index (κ2) is 4.86. The maximum absolute atomic E-state index is 13.9. The summed E-state index contributed by atoms with van der Waals surface area (Å²) in [5.41, 5.74) is 0.446. The molecule has 18 heavy (non-hydrogen) atoms. The van der Waals surface area contributed by atoms with Crippen molar-refractivity contribution in [1.29, 1.82) is 0 Å². The Hall–Kier alpha value is -1.13. The molecule has 1 aliphatic carbocycles. The van der Waals surface area contributed by atoms with Crippen molar-refractivity contribution < 1.29 is 14.2 Å². The molecule has 3 nitrogen and oxygen atoms in total. The Bertz CT molecular complexity index is 434. The lowest BCUT2D eigenvalue weighted by atomic mass is 9.64. The van der Waals surface area contributed by atoms with Gasteiger partial charge in [0.05, 0.1) is 13.2 Å². The number of aliphatic hydroxyl groups is 1. The molecule has 2 N–H and O–H groups in total. The molecule has 2 rings (SSSR count). The molecule has 100 valence electrons. The average Bonchev–Trinajstić information content (AvgIpc) is 2.35. The van der Waals surface area contributed by atoms with Gasteiger partial charge in [-0.3, -0.25) is 0 Å². The van der Waals surface area contributed by atoms with E-state index in [0.717, 1.165) is 6.42 Å². The summed E-state index contributed by atoms with van der Waals surface area (Å²) in [4.78, 5) is 0. The van der Waals surface area contributed by atoms with Crippen LogP contribution in [0.1, 0.15) is 25.8 Å². The van der Waals surface area contributed by atoms with Gasteiger partial charge in [-0.15, -0.1) is 0 Å². The lowest BCUT2D eigenvalue weighted by Gasteiger charge is -2.49. The summed E-state index contributed by atoms with van der Waals surface area (Å²) in [6.07, 6.45) is 0.448. The van der Waals surface area contributed by atoms with Crippen LogP contribution in [0, 0.1) is 11.2 Å². The zero-order chi connectivity index (χ0) is 13.3. The minimum absolute atomic E-state index is 0.144. The second-order valence-corrected chi connectivity index (χ2v) is 5.44. The molecule has 0 spiro atoms. The number of methoxy groups -OCH3 is 1. The van der Waals surface area contributed by atoms with E-state index in [-0.39, 0.29) is 29.1 Å². The molecule has 2 atom stereocenters. The van der Waals surface area contributed by atoms with Crippen molar-refractivity contribution in [1.82, 2.24) is 5.32 Å². The lowest BCUT2D eigenvalue weighted by Crippen LogP contribution is -2.59. The van der Waals surface area contributed by atoms with Crippen LogP contribution in [0.15, 0.2) is 18.2 Å². The molecule has 1 aromatic carbocycles. The van der Waals surface area contributed by atoms with Crippen LogP contribution >= 0.6 is 0 Å². The minimum Gasteiger partial charge on any atom is -0.494 e. The highest BCUT2D eigenvalue weighted by Crippen LogP contribution is 2.40. The second-order valence-electron chi connectivity index (χ2n) is 5.44. The maximum atomic E-state index is 13.9. The van der Waals surface area contributed by atoms with E-state index < -0.39 is 0 Å². The molecule has 0 heterocycles. The number of hydrogen-bond acceptors (Lipinski definition) is 3. The van der Waals surface area contributed by atoms with Gasteiger partial charge in [-0.2, -0.15) is 0 Å². The monoisotopic (exact) mass is 253 g/mol. The van der Waals surface area contributed by atoms with Crippen LogP contribution in [0.25, 0.3) is 0 Å². The fraction of sp³-hybridized carbons (Fsp3) is 0.571. The maximum Gasteiger partial charge on any atom is 0.169 e. The molecule has 0 radical (unpaired) electrons. The van der Waals surface area contributed by atoms with Gasteiger partial charge in [0, 0.05) is 23.6 Å². The molecular formula is C14H20FNO2. The topological polar surface area (TPSA) is 41.5 Å². The van der Waals surface area contributed by atoms with E-state index in [2.05, 4.69) is 5.32 Å². The smallest absolute Gasteiger partial charge is 0.169 e. The first-order chi connectivity index (χ1) is 8.46. The summed E-state index contributed by atoms with van der Waals surface area (Å²) in [7, 11) is 1.46. The van der Waals surface area contributed by atoms with E-state index in [1.807, 2.05) is 13.8 Å². The molecule has 1 fully saturated rings. The third kappa shape index (κ3) is 2.22. The molecule has 1 aliphatic rings. The summed E-state index contributed by atoms with van der Waals surface area (Å²) >= 11 is 0. The first-order valence-electron chi connectivity index (χ1n) is 6.19. The third-order valence-corrected chi connectivity index (χ3v) is 4.02. The normalized spacial score (nSPS) is 25.6. The summed E-state index contributed by atoms with van der Waals surface area (Å²) in [5, 5.41) is 12.9. The summed E-state index contributed by atoms with van der Waals surface area (Å²) < 4.78 is 18.8. The molecule has 0 aliphatic heterocycles. The van der Waals surface area contributed by atoms with Crippen LogP contribution < -0.4 is 10.1 Å². The number of aliphatic hydroxyl groups excluding tert-OH is 1. The summed E-state index contributed by atoms with van der Waals surface area (Å²) in [6, 6.07) is 5.35. The number of ether oxygens (including phenoxy) is 1. The molecule has 0 bridgehead atoms. The van der Waals surface area contributed by atoms with E-state index in [4.69, 9.17) is 4.74 Å². The van der Waals surface area contributed by atoms with Crippen LogP contribution in [0.3, 0.4) is 0 Å². The van der Waals surface area contributed by atoms with Crippen molar-refractivity contribution in [2.75, 3.05) is 7.11 Å². The van der Waals surface area contributed by atoms with E-state index in [1.165, 1.54) is 7.11 Å². The van der Waals surface area contributed by atoms with Gasteiger partial charge in [-0.05, 0) is 12.5 Å². The predicted octanol–water partition coefficient (Wildman–Crippen LogP) is 2.08. The van der Waals surface area contributed by atoms with E-state index in [9.17, 15) is 9.50 Å². The first kappa shape index (κ1) is 13.3. The number of nitrogens with one attached hydrogen (secondary N) is 1. The van der Waals surface area contributed by atoms with E-state index in [0.29, 0.717) is 12.1 Å². The Morgan fingerprint density at radius 1 is 1.50 bits per heavy atom. The number of rotatable bonds is 4. The molecule has 0 aromatic heterocycles. The highest BCUT2D eigenvalue weighted by Gasteiger charge is 2.46. The Kier molecular flexibility index (Phi) is 3.59. The number of halogens is 1. The average molecular weight is 253 g/mol. The molecule has 0 amide bonds. The summed E-state index contributed by atoms with van der Waals surface area (Å²) in [5.74, 6) is -0.0487. The molecule has 1 aromatic rings. The van der Waals surface area contributed by atoms with Crippen molar-refractivity contribution in [3.63, 3.8) is 0 Å². The molecule has 0 saturated heterocycles. The van der Waals surface area contributed by atoms with E-state index in [1.54, 1.807) is 18.2 Å². The van der Waals surface area contributed by atoms with Gasteiger partial charge in [0.1, 0.15) is 0 Å². The standard InChI is InChI=1S/C14H20FNO2/c1-14(2)11(7-12(14)17)16-8-9-5-4-6-10(18-3)13(9)15/h4-6,11-12,16-17H,7-8H2,1-3H3. The molecule has 2 unspecified atom stereocenters. The first-order valence-corrected chi connectivity index (χ1v) is 6.19. The lowest BCUT2D eigenvalue weighted by molar-refractivity contribution is -0.0730. The Balaban J connectivity index is 1.99. The van der Waals surface area contributed by atoms with Crippen molar-refractivity contribution in [2.45, 2.75) is 39.0 Å². The number of benzene rings is 1. The van der Waals surface area contributed by atoms with Gasteiger partial charge >= 0.3 is 0 Å². The van der Waals surface area contributed by atoms with Crippen LogP contribution in [0.4, 0.5) is 4.39 Å². The Morgan fingerprint density at radius 3 is 2.78 bits per heavy atom. The van der Waals surface area contributed by atoms with Gasteiger partial charge in [-0.25, -0.2) is 4.39 Å². The van der Waals surface area contributed by atoms with Crippen molar-refractivity contribution in [2.24, 2.45) is 5.41 Å². The van der Waals surface area contributed by atoms with Gasteiger partial charge in [-0.1, -0.05) is 26.0 Å². The largest absolute Gasteiger partial charge is 0.494 e. The van der Waals surface area contributed by atoms with Gasteiger partial charge < -0.3 is 15.2 Å². The number of hydrogen-bond donors (Lipinski definition) is 2.